The molecule has 0 radical (unpaired) electrons. The van der Waals surface area contributed by atoms with Crippen LogP contribution < -0.4 is 10.0 Å². The molecule has 2 aromatic carbocycles. The number of carbonyl (C=O) groups is 1. The SMILES string of the molecule is O=C(NCc1cccnc1)c1cccc(S(=O)(=O)Nc2ccc(Br)cc2)c1. The highest BCUT2D eigenvalue weighted by molar-refractivity contribution is 9.10. The van der Waals surface area contributed by atoms with E-state index in [-0.39, 0.29) is 16.4 Å². The lowest BCUT2D eigenvalue weighted by Gasteiger charge is -2.10. The van der Waals surface area contributed by atoms with Crippen LogP contribution in [0, 0.1) is 0 Å². The van der Waals surface area contributed by atoms with Crippen LogP contribution in [0.2, 0.25) is 0 Å². The van der Waals surface area contributed by atoms with Crippen molar-refractivity contribution in [2.24, 2.45) is 0 Å². The first-order valence-corrected chi connectivity index (χ1v) is 10.3. The number of nitrogens with zero attached hydrogens (tertiary/aromatic N) is 1. The zero-order valence-electron chi connectivity index (χ0n) is 14.1. The number of anilines is 1. The lowest BCUT2D eigenvalue weighted by atomic mass is 10.2. The highest BCUT2D eigenvalue weighted by Gasteiger charge is 2.16. The van der Waals surface area contributed by atoms with Crippen LogP contribution in [0.15, 0.2) is 82.4 Å². The Morgan fingerprint density at radius 3 is 2.52 bits per heavy atom. The number of sulfonamides is 1. The Morgan fingerprint density at radius 1 is 1.04 bits per heavy atom. The number of amides is 1. The molecule has 0 fully saturated rings. The third kappa shape index (κ3) is 5.15. The molecule has 138 valence electrons. The summed E-state index contributed by atoms with van der Waals surface area (Å²) in [5.74, 6) is -0.362. The van der Waals surface area contributed by atoms with Gasteiger partial charge < -0.3 is 5.32 Å². The molecule has 0 aliphatic rings. The van der Waals surface area contributed by atoms with E-state index in [0.717, 1.165) is 10.0 Å². The Morgan fingerprint density at radius 2 is 1.81 bits per heavy atom. The van der Waals surface area contributed by atoms with Crippen molar-refractivity contribution >= 4 is 37.5 Å². The van der Waals surface area contributed by atoms with Gasteiger partial charge in [0.05, 0.1) is 4.90 Å². The molecule has 3 rings (SSSR count). The third-order valence-electron chi connectivity index (χ3n) is 3.68. The maximum absolute atomic E-state index is 12.6. The average molecular weight is 446 g/mol. The topological polar surface area (TPSA) is 88.2 Å². The van der Waals surface area contributed by atoms with Crippen LogP contribution >= 0.6 is 15.9 Å². The van der Waals surface area contributed by atoms with Crippen molar-refractivity contribution in [2.75, 3.05) is 4.72 Å². The average Bonchev–Trinajstić information content (AvgIpc) is 2.68. The molecule has 0 saturated carbocycles. The lowest BCUT2D eigenvalue weighted by molar-refractivity contribution is 0.0950. The number of hydrogen-bond donors (Lipinski definition) is 2. The van der Waals surface area contributed by atoms with Gasteiger partial charge in [-0.15, -0.1) is 0 Å². The van der Waals surface area contributed by atoms with Gasteiger partial charge in [-0.3, -0.25) is 14.5 Å². The second-order valence-electron chi connectivity index (χ2n) is 5.68. The van der Waals surface area contributed by atoms with Crippen LogP contribution in [0.3, 0.4) is 0 Å². The van der Waals surface area contributed by atoms with Crippen molar-refractivity contribution in [3.8, 4) is 0 Å². The van der Waals surface area contributed by atoms with Gasteiger partial charge >= 0.3 is 0 Å². The summed E-state index contributed by atoms with van der Waals surface area (Å²) in [4.78, 5) is 16.3. The molecule has 27 heavy (non-hydrogen) atoms. The molecule has 3 aromatic rings. The summed E-state index contributed by atoms with van der Waals surface area (Å²) in [6, 6.07) is 16.3. The summed E-state index contributed by atoms with van der Waals surface area (Å²) in [5, 5.41) is 2.75. The van der Waals surface area contributed by atoms with Gasteiger partial charge in [-0.05, 0) is 54.1 Å². The van der Waals surface area contributed by atoms with Crippen LogP contribution in [0.25, 0.3) is 0 Å². The molecular weight excluding hydrogens is 430 g/mol. The van der Waals surface area contributed by atoms with Gasteiger partial charge in [0.25, 0.3) is 15.9 Å². The van der Waals surface area contributed by atoms with E-state index in [2.05, 4.69) is 31.0 Å². The van der Waals surface area contributed by atoms with Crippen molar-refractivity contribution in [1.82, 2.24) is 10.3 Å². The minimum atomic E-state index is -3.80. The number of carbonyl (C=O) groups excluding carboxylic acids is 1. The van der Waals surface area contributed by atoms with Crippen LogP contribution in [0.1, 0.15) is 15.9 Å². The second-order valence-corrected chi connectivity index (χ2v) is 8.28. The molecule has 2 N–H and O–H groups in total. The molecule has 0 spiro atoms. The minimum absolute atomic E-state index is 0.0134. The van der Waals surface area contributed by atoms with E-state index in [1.165, 1.54) is 18.2 Å². The summed E-state index contributed by atoms with van der Waals surface area (Å²) in [6.45, 7) is 0.306. The molecule has 1 amide bonds. The maximum Gasteiger partial charge on any atom is 0.261 e. The first-order chi connectivity index (χ1) is 12.9. The van der Waals surface area contributed by atoms with Crippen LogP contribution in [0.5, 0.6) is 0 Å². The van der Waals surface area contributed by atoms with Gasteiger partial charge in [-0.25, -0.2) is 8.42 Å². The van der Waals surface area contributed by atoms with Gasteiger partial charge in [0.2, 0.25) is 0 Å². The van der Waals surface area contributed by atoms with Gasteiger partial charge in [0, 0.05) is 34.7 Å². The highest BCUT2D eigenvalue weighted by atomic mass is 79.9. The zero-order valence-corrected chi connectivity index (χ0v) is 16.5. The fourth-order valence-electron chi connectivity index (χ4n) is 2.32. The van der Waals surface area contributed by atoms with Gasteiger partial charge in [0.15, 0.2) is 0 Å². The lowest BCUT2D eigenvalue weighted by Crippen LogP contribution is -2.23. The molecule has 6 nitrogen and oxygen atoms in total. The van der Waals surface area contributed by atoms with Crippen molar-refractivity contribution in [1.29, 1.82) is 0 Å². The number of halogens is 1. The molecular formula is C19H16BrN3O3S. The van der Waals surface area contributed by atoms with E-state index in [1.54, 1.807) is 48.8 Å². The van der Waals surface area contributed by atoms with E-state index >= 15 is 0 Å². The molecule has 0 unspecified atom stereocenters. The highest BCUT2D eigenvalue weighted by Crippen LogP contribution is 2.19. The summed E-state index contributed by atoms with van der Waals surface area (Å²) >= 11 is 3.30. The summed E-state index contributed by atoms with van der Waals surface area (Å²) in [5.41, 5.74) is 1.55. The van der Waals surface area contributed by atoms with E-state index in [0.29, 0.717) is 12.2 Å². The van der Waals surface area contributed by atoms with Crippen molar-refractivity contribution in [3.05, 3.63) is 88.7 Å². The Bertz CT molecular complexity index is 1040. The summed E-state index contributed by atoms with van der Waals surface area (Å²) in [6.07, 6.45) is 3.31. The van der Waals surface area contributed by atoms with E-state index in [4.69, 9.17) is 0 Å². The molecule has 1 aromatic heterocycles. The van der Waals surface area contributed by atoms with Gasteiger partial charge in [0.1, 0.15) is 0 Å². The molecule has 0 aliphatic carbocycles. The Kier molecular flexibility index (Phi) is 5.88. The molecule has 0 saturated heterocycles. The van der Waals surface area contributed by atoms with Crippen molar-refractivity contribution in [2.45, 2.75) is 11.4 Å². The Balaban J connectivity index is 1.73. The fraction of sp³-hybridized carbons (Fsp3) is 0.0526. The number of benzene rings is 2. The minimum Gasteiger partial charge on any atom is -0.348 e. The fourth-order valence-corrected chi connectivity index (χ4v) is 3.69. The number of nitrogens with one attached hydrogen (secondary N) is 2. The molecule has 1 heterocycles. The number of aromatic nitrogens is 1. The summed E-state index contributed by atoms with van der Waals surface area (Å²) < 4.78 is 28.5. The van der Waals surface area contributed by atoms with Crippen molar-refractivity contribution in [3.63, 3.8) is 0 Å². The number of pyridine rings is 1. The number of hydrogen-bond acceptors (Lipinski definition) is 4. The van der Waals surface area contributed by atoms with E-state index in [1.807, 2.05) is 6.07 Å². The molecule has 8 heteroatoms. The summed E-state index contributed by atoms with van der Waals surface area (Å²) in [7, 11) is -3.80. The second kappa shape index (κ2) is 8.32. The predicted molar refractivity (Wildman–Crippen MR) is 107 cm³/mol. The van der Waals surface area contributed by atoms with Gasteiger partial charge in [-0.1, -0.05) is 28.1 Å². The standard InChI is InChI=1S/C19H16BrN3O3S/c20-16-6-8-17(9-7-16)23-27(25,26)18-5-1-4-15(11-18)19(24)22-13-14-3-2-10-21-12-14/h1-12,23H,13H2,(H,22,24). The first kappa shape index (κ1) is 19.1. The zero-order chi connectivity index (χ0) is 19.3. The van der Waals surface area contributed by atoms with Crippen LogP contribution in [-0.4, -0.2) is 19.3 Å². The smallest absolute Gasteiger partial charge is 0.261 e. The molecule has 0 atom stereocenters. The van der Waals surface area contributed by atoms with Crippen molar-refractivity contribution < 1.29 is 13.2 Å². The van der Waals surface area contributed by atoms with E-state index < -0.39 is 10.0 Å². The largest absolute Gasteiger partial charge is 0.348 e. The quantitative estimate of drug-likeness (QED) is 0.606. The third-order valence-corrected chi connectivity index (χ3v) is 5.59. The Hall–Kier alpha value is -2.71. The normalized spacial score (nSPS) is 11.0. The van der Waals surface area contributed by atoms with E-state index in [9.17, 15) is 13.2 Å². The predicted octanol–water partition coefficient (Wildman–Crippen LogP) is 3.57. The van der Waals surface area contributed by atoms with Crippen LogP contribution in [0.4, 0.5) is 5.69 Å². The molecule has 0 bridgehead atoms. The van der Waals surface area contributed by atoms with Crippen LogP contribution in [-0.2, 0) is 16.6 Å². The number of rotatable bonds is 6. The first-order valence-electron chi connectivity index (χ1n) is 7.99. The molecule has 0 aliphatic heterocycles. The Labute approximate surface area is 165 Å². The van der Waals surface area contributed by atoms with Gasteiger partial charge in [-0.2, -0.15) is 0 Å². The maximum atomic E-state index is 12.6. The monoisotopic (exact) mass is 445 g/mol.